The Labute approximate surface area is 146 Å². The lowest BCUT2D eigenvalue weighted by atomic mass is 9.92. The molecule has 0 amide bonds. The van der Waals surface area contributed by atoms with Crippen molar-refractivity contribution >= 4 is 49.9 Å². The fourth-order valence-corrected chi connectivity index (χ4v) is 2.47. The molecule has 0 aromatic rings. The summed E-state index contributed by atoms with van der Waals surface area (Å²) >= 11 is 6.50. The lowest BCUT2D eigenvalue weighted by Crippen LogP contribution is -2.45. The molecule has 22 heavy (non-hydrogen) atoms. The number of likely N-dealkylation sites (N-methyl/N-ethyl adjacent to an activating group) is 1. The zero-order valence-electron chi connectivity index (χ0n) is 12.4. The number of nitrogens with one attached hydrogen (secondary N) is 1. The second-order valence-corrected chi connectivity index (χ2v) is 7.03. The second-order valence-electron chi connectivity index (χ2n) is 5.22. The molecule has 6 nitrogen and oxygen atoms in total. The van der Waals surface area contributed by atoms with Gasteiger partial charge in [-0.1, -0.05) is 15.9 Å². The first-order chi connectivity index (χ1) is 10.4. The van der Waals surface area contributed by atoms with Gasteiger partial charge in [-0.05, 0) is 48.8 Å². The summed E-state index contributed by atoms with van der Waals surface area (Å²) in [6.45, 7) is 1.42. The molecule has 0 bridgehead atoms. The molecule has 0 saturated heterocycles. The molecule has 1 aliphatic carbocycles. The zero-order valence-corrected chi connectivity index (χ0v) is 15.6. The standard InChI is InChI=1S/C14H20Br2N2O4/c1-18(8-10(15)11(16)9-19)7-3-2-4-14(21)22-17-12-5-6-13(12)20/h9,12,17H,2-8H2,1H3/b11-10-. The Morgan fingerprint density at radius 2 is 2.18 bits per heavy atom. The van der Waals surface area contributed by atoms with E-state index in [9.17, 15) is 14.4 Å². The largest absolute Gasteiger partial charge is 0.370 e. The molecular formula is C14H20Br2N2O4. The Hall–Kier alpha value is -0.570. The van der Waals surface area contributed by atoms with Crippen molar-refractivity contribution in [3.05, 3.63) is 8.96 Å². The number of carbonyl (C=O) groups excluding carboxylic acids is 3. The highest BCUT2D eigenvalue weighted by Gasteiger charge is 2.28. The van der Waals surface area contributed by atoms with Gasteiger partial charge >= 0.3 is 5.97 Å². The van der Waals surface area contributed by atoms with Crippen molar-refractivity contribution in [1.29, 1.82) is 0 Å². The van der Waals surface area contributed by atoms with Gasteiger partial charge in [0.05, 0.1) is 4.48 Å². The number of hydroxylamine groups is 1. The summed E-state index contributed by atoms with van der Waals surface area (Å²) in [5, 5.41) is 0. The summed E-state index contributed by atoms with van der Waals surface area (Å²) < 4.78 is 1.29. The van der Waals surface area contributed by atoms with Crippen molar-refractivity contribution in [2.75, 3.05) is 20.1 Å². The van der Waals surface area contributed by atoms with Crippen molar-refractivity contribution in [1.82, 2.24) is 10.4 Å². The summed E-state index contributed by atoms with van der Waals surface area (Å²) in [6.07, 6.45) is 3.90. The van der Waals surface area contributed by atoms with Gasteiger partial charge in [-0.25, -0.2) is 0 Å². The molecule has 1 unspecified atom stereocenters. The van der Waals surface area contributed by atoms with Gasteiger partial charge in [0, 0.05) is 23.9 Å². The minimum atomic E-state index is -0.341. The maximum absolute atomic E-state index is 11.5. The number of carbonyl (C=O) groups is 3. The van der Waals surface area contributed by atoms with Gasteiger partial charge in [0.1, 0.15) is 6.04 Å². The predicted octanol–water partition coefficient (Wildman–Crippen LogP) is 2.07. The molecule has 1 rings (SSSR count). The number of nitrogens with zero attached hydrogens (tertiary/aromatic N) is 1. The first kappa shape index (κ1) is 19.5. The average molecular weight is 440 g/mol. The van der Waals surface area contributed by atoms with Crippen LogP contribution in [0.4, 0.5) is 0 Å². The number of hydrogen-bond donors (Lipinski definition) is 1. The molecule has 124 valence electrons. The van der Waals surface area contributed by atoms with E-state index in [1.165, 1.54) is 0 Å². The van der Waals surface area contributed by atoms with Gasteiger partial charge in [0.2, 0.25) is 0 Å². The molecule has 1 saturated carbocycles. The first-order valence-electron chi connectivity index (χ1n) is 7.09. The highest BCUT2D eigenvalue weighted by Crippen LogP contribution is 2.17. The Morgan fingerprint density at radius 3 is 2.73 bits per heavy atom. The summed E-state index contributed by atoms with van der Waals surface area (Å²) in [5.74, 6) is -0.248. The Balaban J connectivity index is 2.07. The predicted molar refractivity (Wildman–Crippen MR) is 89.5 cm³/mol. The van der Waals surface area contributed by atoms with Crippen LogP contribution < -0.4 is 5.48 Å². The summed E-state index contributed by atoms with van der Waals surface area (Å²) in [5.41, 5.74) is 2.50. The van der Waals surface area contributed by atoms with Crippen molar-refractivity contribution in [2.45, 2.75) is 38.1 Å². The van der Waals surface area contributed by atoms with Crippen LogP contribution in [0.2, 0.25) is 0 Å². The maximum atomic E-state index is 11.5. The molecule has 0 radical (unpaired) electrons. The lowest BCUT2D eigenvalue weighted by molar-refractivity contribution is -0.156. The molecule has 1 aliphatic rings. The van der Waals surface area contributed by atoms with E-state index in [0.717, 1.165) is 30.2 Å². The van der Waals surface area contributed by atoms with Crippen LogP contribution >= 0.6 is 31.9 Å². The van der Waals surface area contributed by atoms with Crippen molar-refractivity contribution in [2.24, 2.45) is 0 Å². The van der Waals surface area contributed by atoms with Crippen LogP contribution in [0, 0.1) is 0 Å². The van der Waals surface area contributed by atoms with E-state index < -0.39 is 0 Å². The van der Waals surface area contributed by atoms with Crippen LogP contribution in [0.3, 0.4) is 0 Å². The number of rotatable bonds is 10. The summed E-state index contributed by atoms with van der Waals surface area (Å²) in [6, 6.07) is -0.310. The van der Waals surface area contributed by atoms with E-state index in [2.05, 4.69) is 37.3 Å². The smallest absolute Gasteiger partial charge is 0.324 e. The molecule has 1 atom stereocenters. The van der Waals surface area contributed by atoms with E-state index in [-0.39, 0.29) is 17.8 Å². The molecular weight excluding hydrogens is 420 g/mol. The summed E-state index contributed by atoms with van der Waals surface area (Å²) in [7, 11) is 1.94. The average Bonchev–Trinajstić information content (AvgIpc) is 2.49. The minimum absolute atomic E-state index is 0.0922. The SMILES string of the molecule is CN(CCCCC(=O)ONC1CCC1=O)C/C(Br)=C(/Br)C=O. The van der Waals surface area contributed by atoms with Crippen LogP contribution in [0.5, 0.6) is 0 Å². The van der Waals surface area contributed by atoms with Crippen LogP contribution in [0.1, 0.15) is 32.1 Å². The van der Waals surface area contributed by atoms with Crippen molar-refractivity contribution < 1.29 is 19.2 Å². The molecule has 1 N–H and O–H groups in total. The van der Waals surface area contributed by atoms with Crippen LogP contribution in [0.15, 0.2) is 8.96 Å². The highest BCUT2D eigenvalue weighted by atomic mass is 79.9. The zero-order chi connectivity index (χ0) is 16.5. The number of hydrogen-bond acceptors (Lipinski definition) is 6. The lowest BCUT2D eigenvalue weighted by Gasteiger charge is -2.23. The molecule has 1 fully saturated rings. The molecule has 0 aromatic heterocycles. The Kier molecular flexibility index (Phi) is 9.08. The number of allylic oxidation sites excluding steroid dienone is 1. The molecule has 0 aliphatic heterocycles. The highest BCUT2D eigenvalue weighted by molar-refractivity contribution is 9.14. The van der Waals surface area contributed by atoms with Crippen molar-refractivity contribution in [3.8, 4) is 0 Å². The molecule has 0 aromatic carbocycles. The Bertz CT molecular complexity index is 454. The number of Topliss-reactive ketones (excluding diaryl/α,β-unsaturated/α-hetero) is 1. The molecule has 8 heteroatoms. The van der Waals surface area contributed by atoms with E-state index in [0.29, 0.717) is 30.3 Å². The van der Waals surface area contributed by atoms with Gasteiger partial charge < -0.3 is 9.74 Å². The van der Waals surface area contributed by atoms with Crippen LogP contribution in [-0.2, 0) is 19.2 Å². The maximum Gasteiger partial charge on any atom is 0.324 e. The molecule has 0 spiro atoms. The van der Waals surface area contributed by atoms with E-state index in [1.54, 1.807) is 0 Å². The van der Waals surface area contributed by atoms with Crippen LogP contribution in [0.25, 0.3) is 0 Å². The monoisotopic (exact) mass is 438 g/mol. The van der Waals surface area contributed by atoms with Crippen LogP contribution in [-0.4, -0.2) is 49.1 Å². The van der Waals surface area contributed by atoms with Gasteiger partial charge in [0.25, 0.3) is 0 Å². The van der Waals surface area contributed by atoms with Crippen molar-refractivity contribution in [3.63, 3.8) is 0 Å². The quantitative estimate of drug-likeness (QED) is 0.243. The fourth-order valence-electron chi connectivity index (χ4n) is 1.83. The van der Waals surface area contributed by atoms with Gasteiger partial charge in [0.15, 0.2) is 12.1 Å². The number of halogens is 2. The van der Waals surface area contributed by atoms with Gasteiger partial charge in [-0.2, -0.15) is 0 Å². The second kappa shape index (κ2) is 10.3. The number of aldehydes is 1. The Morgan fingerprint density at radius 1 is 1.45 bits per heavy atom. The van der Waals surface area contributed by atoms with E-state index >= 15 is 0 Å². The van der Waals surface area contributed by atoms with Gasteiger partial charge in [-0.15, -0.1) is 5.48 Å². The van der Waals surface area contributed by atoms with Gasteiger partial charge in [-0.3, -0.25) is 14.4 Å². The third kappa shape index (κ3) is 7.13. The fraction of sp³-hybridized carbons (Fsp3) is 0.643. The molecule has 0 heterocycles. The first-order valence-corrected chi connectivity index (χ1v) is 8.68. The minimum Gasteiger partial charge on any atom is -0.370 e. The van der Waals surface area contributed by atoms with E-state index in [1.807, 2.05) is 11.9 Å². The topological polar surface area (TPSA) is 75.7 Å². The number of unbranched alkanes of at least 4 members (excludes halogenated alkanes) is 1. The summed E-state index contributed by atoms with van der Waals surface area (Å²) in [4.78, 5) is 40.0. The number of ketones is 1. The van der Waals surface area contributed by atoms with E-state index in [4.69, 9.17) is 4.84 Å². The third-order valence-corrected chi connectivity index (χ3v) is 5.20. The normalized spacial score (nSPS) is 18.7. The third-order valence-electron chi connectivity index (χ3n) is 3.33.